The van der Waals surface area contributed by atoms with Crippen molar-refractivity contribution in [3.8, 4) is 0 Å². The van der Waals surface area contributed by atoms with Gasteiger partial charge in [0.05, 0.1) is 11.4 Å². The van der Waals surface area contributed by atoms with Gasteiger partial charge in [-0.3, -0.25) is 9.69 Å². The predicted molar refractivity (Wildman–Crippen MR) is 63.5 cm³/mol. The first-order valence-electron chi connectivity index (χ1n) is 5.58. The van der Waals surface area contributed by atoms with Gasteiger partial charge in [0.1, 0.15) is 0 Å². The van der Waals surface area contributed by atoms with Crippen LogP contribution in [0.25, 0.3) is 0 Å². The van der Waals surface area contributed by atoms with Crippen molar-refractivity contribution in [3.63, 3.8) is 0 Å². The van der Waals surface area contributed by atoms with E-state index in [1.807, 2.05) is 17.5 Å². The molecule has 2 nitrogen and oxygen atoms in total. The molecule has 0 atom stereocenters. The normalized spacial score (nSPS) is 15.9. The molecule has 0 saturated heterocycles. The van der Waals surface area contributed by atoms with Crippen LogP contribution in [0.4, 0.5) is 0 Å². The number of rotatable bonds is 6. The molecule has 0 aromatic carbocycles. The molecule has 3 heteroatoms. The molecule has 1 aliphatic rings. The Labute approximate surface area is 94.9 Å². The van der Waals surface area contributed by atoms with Crippen LogP contribution in [0.1, 0.15) is 29.4 Å². The summed E-state index contributed by atoms with van der Waals surface area (Å²) < 4.78 is 0. The fraction of sp³-hybridized carbons (Fsp3) is 0.583. The summed E-state index contributed by atoms with van der Waals surface area (Å²) in [5.74, 6) is 1.13. The summed E-state index contributed by atoms with van der Waals surface area (Å²) in [5, 5.41) is 1.96. The summed E-state index contributed by atoms with van der Waals surface area (Å²) in [5.41, 5.74) is 0. The van der Waals surface area contributed by atoms with Crippen LogP contribution >= 0.6 is 11.3 Å². The first-order chi connectivity index (χ1) is 7.29. The van der Waals surface area contributed by atoms with E-state index in [0.717, 1.165) is 23.9 Å². The molecule has 2 rings (SSSR count). The number of Topliss-reactive ketones (excluding diaryl/α,β-unsaturated/α-hetero) is 1. The second-order valence-corrected chi connectivity index (χ2v) is 5.12. The Balaban J connectivity index is 1.85. The molecule has 82 valence electrons. The maximum Gasteiger partial charge on any atom is 0.186 e. The minimum atomic E-state index is 0.271. The lowest BCUT2D eigenvalue weighted by Crippen LogP contribution is -2.31. The van der Waals surface area contributed by atoms with E-state index in [9.17, 15) is 4.79 Å². The highest BCUT2D eigenvalue weighted by Crippen LogP contribution is 2.29. The number of hydrogen-bond donors (Lipinski definition) is 0. The second kappa shape index (κ2) is 4.90. The quantitative estimate of drug-likeness (QED) is 0.691. The molecular weight excluding hydrogens is 206 g/mol. The lowest BCUT2D eigenvalue weighted by molar-refractivity contribution is 0.0935. The summed E-state index contributed by atoms with van der Waals surface area (Å²) in [6, 6.07) is 3.85. The first kappa shape index (κ1) is 10.8. The number of likely N-dealkylation sites (N-methyl/N-ethyl adjacent to an activating group) is 1. The van der Waals surface area contributed by atoms with E-state index in [1.165, 1.54) is 12.8 Å². The van der Waals surface area contributed by atoms with Crippen molar-refractivity contribution in [3.05, 3.63) is 22.4 Å². The number of ketones is 1. The molecule has 0 radical (unpaired) electrons. The predicted octanol–water partition coefficient (Wildman–Crippen LogP) is 2.66. The SMILES string of the molecule is CCN(CC(=O)c1cccs1)CC1CC1. The van der Waals surface area contributed by atoms with E-state index < -0.39 is 0 Å². The number of carbonyl (C=O) groups is 1. The van der Waals surface area contributed by atoms with Gasteiger partial charge in [-0.1, -0.05) is 13.0 Å². The smallest absolute Gasteiger partial charge is 0.186 e. The Kier molecular flexibility index (Phi) is 3.54. The summed E-state index contributed by atoms with van der Waals surface area (Å²) in [6.07, 6.45) is 2.70. The fourth-order valence-electron chi connectivity index (χ4n) is 1.69. The molecule has 1 heterocycles. The van der Waals surface area contributed by atoms with Crippen molar-refractivity contribution >= 4 is 17.1 Å². The molecule has 0 aliphatic heterocycles. The molecule has 0 bridgehead atoms. The van der Waals surface area contributed by atoms with Gasteiger partial charge in [0.15, 0.2) is 5.78 Å². The Morgan fingerprint density at radius 1 is 1.60 bits per heavy atom. The van der Waals surface area contributed by atoms with Crippen molar-refractivity contribution in [2.45, 2.75) is 19.8 Å². The average molecular weight is 223 g/mol. The van der Waals surface area contributed by atoms with Gasteiger partial charge in [-0.05, 0) is 36.8 Å². The molecule has 1 aliphatic carbocycles. The van der Waals surface area contributed by atoms with Crippen LogP contribution in [-0.4, -0.2) is 30.3 Å². The van der Waals surface area contributed by atoms with Gasteiger partial charge < -0.3 is 0 Å². The lowest BCUT2D eigenvalue weighted by Gasteiger charge is -2.18. The lowest BCUT2D eigenvalue weighted by atomic mass is 10.2. The minimum absolute atomic E-state index is 0.271. The van der Waals surface area contributed by atoms with Crippen LogP contribution in [0.5, 0.6) is 0 Å². The molecule has 1 fully saturated rings. The van der Waals surface area contributed by atoms with E-state index >= 15 is 0 Å². The van der Waals surface area contributed by atoms with Crippen molar-refractivity contribution in [1.82, 2.24) is 4.90 Å². The summed E-state index contributed by atoms with van der Waals surface area (Å²) in [7, 11) is 0. The maximum atomic E-state index is 11.8. The Morgan fingerprint density at radius 3 is 2.93 bits per heavy atom. The van der Waals surface area contributed by atoms with Gasteiger partial charge in [-0.2, -0.15) is 0 Å². The monoisotopic (exact) mass is 223 g/mol. The number of thiophene rings is 1. The first-order valence-corrected chi connectivity index (χ1v) is 6.46. The van der Waals surface area contributed by atoms with Crippen LogP contribution in [0.15, 0.2) is 17.5 Å². The maximum absolute atomic E-state index is 11.8. The topological polar surface area (TPSA) is 20.3 Å². The number of carbonyl (C=O) groups excluding carboxylic acids is 1. The highest BCUT2D eigenvalue weighted by Gasteiger charge is 2.24. The highest BCUT2D eigenvalue weighted by molar-refractivity contribution is 7.12. The van der Waals surface area contributed by atoms with Gasteiger partial charge >= 0.3 is 0 Å². The van der Waals surface area contributed by atoms with E-state index in [2.05, 4.69) is 11.8 Å². The van der Waals surface area contributed by atoms with Crippen molar-refractivity contribution in [2.24, 2.45) is 5.92 Å². The summed E-state index contributed by atoms with van der Waals surface area (Å²) in [4.78, 5) is 15.0. The Hall–Kier alpha value is -0.670. The zero-order valence-electron chi connectivity index (χ0n) is 9.11. The molecule has 0 N–H and O–H groups in total. The third-order valence-corrected chi connectivity index (χ3v) is 3.73. The van der Waals surface area contributed by atoms with Gasteiger partial charge in [0.25, 0.3) is 0 Å². The number of nitrogens with zero attached hydrogens (tertiary/aromatic N) is 1. The Morgan fingerprint density at radius 2 is 2.40 bits per heavy atom. The highest BCUT2D eigenvalue weighted by atomic mass is 32.1. The van der Waals surface area contributed by atoms with E-state index in [0.29, 0.717) is 6.54 Å². The van der Waals surface area contributed by atoms with E-state index in [4.69, 9.17) is 0 Å². The van der Waals surface area contributed by atoms with Crippen molar-refractivity contribution in [2.75, 3.05) is 19.6 Å². The molecule has 1 aromatic heterocycles. The minimum Gasteiger partial charge on any atom is -0.296 e. The molecule has 0 unspecified atom stereocenters. The van der Waals surface area contributed by atoms with E-state index in [1.54, 1.807) is 11.3 Å². The third-order valence-electron chi connectivity index (χ3n) is 2.82. The van der Waals surface area contributed by atoms with Gasteiger partial charge in [0, 0.05) is 6.54 Å². The Bertz CT molecular complexity index is 316. The summed E-state index contributed by atoms with van der Waals surface area (Å²) >= 11 is 1.54. The molecule has 15 heavy (non-hydrogen) atoms. The van der Waals surface area contributed by atoms with Crippen LogP contribution in [0.3, 0.4) is 0 Å². The van der Waals surface area contributed by atoms with Gasteiger partial charge in [-0.15, -0.1) is 11.3 Å². The third kappa shape index (κ3) is 3.14. The number of hydrogen-bond acceptors (Lipinski definition) is 3. The standard InChI is InChI=1S/C12H17NOS/c1-2-13(8-10-5-6-10)9-11(14)12-4-3-7-15-12/h3-4,7,10H,2,5-6,8-9H2,1H3. The van der Waals surface area contributed by atoms with E-state index in [-0.39, 0.29) is 5.78 Å². The van der Waals surface area contributed by atoms with Crippen LogP contribution in [-0.2, 0) is 0 Å². The van der Waals surface area contributed by atoms with Crippen molar-refractivity contribution < 1.29 is 4.79 Å². The molecule has 0 amide bonds. The van der Waals surface area contributed by atoms with Crippen LogP contribution < -0.4 is 0 Å². The molecule has 0 spiro atoms. The zero-order chi connectivity index (χ0) is 10.7. The van der Waals surface area contributed by atoms with Crippen LogP contribution in [0, 0.1) is 5.92 Å². The largest absolute Gasteiger partial charge is 0.296 e. The average Bonchev–Trinajstić information content (AvgIpc) is 2.88. The van der Waals surface area contributed by atoms with Gasteiger partial charge in [-0.25, -0.2) is 0 Å². The molecular formula is C12H17NOS. The molecule has 1 aromatic rings. The second-order valence-electron chi connectivity index (χ2n) is 4.17. The zero-order valence-corrected chi connectivity index (χ0v) is 9.93. The fourth-order valence-corrected chi connectivity index (χ4v) is 2.35. The van der Waals surface area contributed by atoms with Crippen molar-refractivity contribution in [1.29, 1.82) is 0 Å². The molecule has 1 saturated carbocycles. The summed E-state index contributed by atoms with van der Waals surface area (Å²) in [6.45, 7) is 4.80. The van der Waals surface area contributed by atoms with Gasteiger partial charge in [0.2, 0.25) is 0 Å². The van der Waals surface area contributed by atoms with Crippen LogP contribution in [0.2, 0.25) is 0 Å².